The molecule has 0 aliphatic heterocycles. The number of hydrogen-bond acceptors (Lipinski definition) is 4. The molecule has 0 radical (unpaired) electrons. The van der Waals surface area contributed by atoms with Gasteiger partial charge in [-0.15, -0.1) is 0 Å². The number of rotatable bonds is 13. The number of carbonyl (C=O) groups is 2. The molecule has 0 heterocycles. The lowest BCUT2D eigenvalue weighted by Gasteiger charge is -2.13. The number of esters is 2. The van der Waals surface area contributed by atoms with Crippen LogP contribution in [0.15, 0.2) is 0 Å². The van der Waals surface area contributed by atoms with Gasteiger partial charge in [0.15, 0.2) is 0 Å². The highest BCUT2D eigenvalue weighted by molar-refractivity contribution is 5.70. The first kappa shape index (κ1) is 19.9. The summed E-state index contributed by atoms with van der Waals surface area (Å²) in [5.41, 5.74) is 0. The Hall–Kier alpha value is -1.06. The van der Waals surface area contributed by atoms with Crippen molar-refractivity contribution in [3.05, 3.63) is 0 Å². The second kappa shape index (κ2) is 13.9. The summed E-state index contributed by atoms with van der Waals surface area (Å²) < 4.78 is 10.3. The van der Waals surface area contributed by atoms with Crippen LogP contribution in [0.4, 0.5) is 0 Å². The molecule has 0 spiro atoms. The highest BCUT2D eigenvalue weighted by Gasteiger charge is 2.11. The van der Waals surface area contributed by atoms with E-state index in [1.54, 1.807) is 6.92 Å². The lowest BCUT2D eigenvalue weighted by Crippen LogP contribution is -2.22. The third kappa shape index (κ3) is 13.7. The molecule has 4 heteroatoms. The van der Waals surface area contributed by atoms with E-state index in [0.29, 0.717) is 12.8 Å². The summed E-state index contributed by atoms with van der Waals surface area (Å²) in [6, 6.07) is 0. The van der Waals surface area contributed by atoms with Crippen LogP contribution in [0.25, 0.3) is 0 Å². The van der Waals surface area contributed by atoms with Crippen molar-refractivity contribution in [2.24, 2.45) is 0 Å². The first-order valence-electron chi connectivity index (χ1n) is 8.45. The van der Waals surface area contributed by atoms with Crippen LogP contribution < -0.4 is 0 Å². The predicted molar refractivity (Wildman–Crippen MR) is 84.0 cm³/mol. The van der Waals surface area contributed by atoms with E-state index in [1.807, 2.05) is 0 Å². The highest BCUT2D eigenvalue weighted by Crippen LogP contribution is 2.06. The van der Waals surface area contributed by atoms with Crippen LogP contribution in [-0.2, 0) is 19.1 Å². The Morgan fingerprint density at radius 2 is 1.33 bits per heavy atom. The number of unbranched alkanes of at least 4 members (excludes halogenated alkanes) is 6. The second-order valence-corrected chi connectivity index (χ2v) is 5.60. The molecular formula is C17H32O4. The van der Waals surface area contributed by atoms with E-state index in [2.05, 4.69) is 13.8 Å². The monoisotopic (exact) mass is 300 g/mol. The lowest BCUT2D eigenvalue weighted by atomic mass is 10.1. The Kier molecular flexibility index (Phi) is 13.2. The van der Waals surface area contributed by atoms with Crippen LogP contribution in [0, 0.1) is 0 Å². The molecule has 0 bridgehead atoms. The lowest BCUT2D eigenvalue weighted by molar-refractivity contribution is -0.158. The minimum Gasteiger partial charge on any atom is -0.462 e. The van der Waals surface area contributed by atoms with Gasteiger partial charge < -0.3 is 9.47 Å². The Morgan fingerprint density at radius 3 is 1.86 bits per heavy atom. The molecule has 0 fully saturated rings. The fourth-order valence-electron chi connectivity index (χ4n) is 1.99. The van der Waals surface area contributed by atoms with Crippen LogP contribution in [0.2, 0.25) is 0 Å². The molecule has 0 saturated heterocycles. The molecule has 124 valence electrons. The van der Waals surface area contributed by atoms with Gasteiger partial charge in [0, 0.05) is 12.8 Å². The van der Waals surface area contributed by atoms with Gasteiger partial charge in [-0.3, -0.25) is 9.59 Å². The summed E-state index contributed by atoms with van der Waals surface area (Å²) in [5, 5.41) is 0. The first-order valence-corrected chi connectivity index (χ1v) is 8.45. The zero-order valence-electron chi connectivity index (χ0n) is 14.0. The largest absolute Gasteiger partial charge is 0.462 e. The van der Waals surface area contributed by atoms with Crippen molar-refractivity contribution in [1.29, 1.82) is 0 Å². The van der Waals surface area contributed by atoms with Crippen molar-refractivity contribution < 1.29 is 19.1 Å². The van der Waals surface area contributed by atoms with Gasteiger partial charge in [0.2, 0.25) is 0 Å². The Morgan fingerprint density at radius 1 is 0.810 bits per heavy atom. The van der Waals surface area contributed by atoms with E-state index in [-0.39, 0.29) is 24.6 Å². The standard InChI is InChI=1S/C17H32O4/c1-4-6-8-10-12-16(18)20-14-15(3)21-17(19)13-11-9-7-5-2/h15H,4-14H2,1-3H3. The Bertz CT molecular complexity index is 276. The van der Waals surface area contributed by atoms with Gasteiger partial charge in [0.1, 0.15) is 12.7 Å². The summed E-state index contributed by atoms with van der Waals surface area (Å²) in [6.45, 7) is 6.19. The summed E-state index contributed by atoms with van der Waals surface area (Å²) in [4.78, 5) is 23.0. The molecule has 1 unspecified atom stereocenters. The van der Waals surface area contributed by atoms with Crippen molar-refractivity contribution in [2.75, 3.05) is 6.61 Å². The SMILES string of the molecule is CCCCCCC(=O)OCC(C)OC(=O)CCCCCC. The maximum Gasteiger partial charge on any atom is 0.306 e. The molecule has 0 aliphatic carbocycles. The van der Waals surface area contributed by atoms with Gasteiger partial charge >= 0.3 is 11.9 Å². The minimum absolute atomic E-state index is 0.160. The van der Waals surface area contributed by atoms with E-state index < -0.39 is 0 Å². The smallest absolute Gasteiger partial charge is 0.306 e. The van der Waals surface area contributed by atoms with Gasteiger partial charge in [-0.05, 0) is 19.8 Å². The molecular weight excluding hydrogens is 268 g/mol. The second-order valence-electron chi connectivity index (χ2n) is 5.60. The molecule has 0 aromatic rings. The van der Waals surface area contributed by atoms with E-state index >= 15 is 0 Å². The van der Waals surface area contributed by atoms with Crippen molar-refractivity contribution in [2.45, 2.75) is 91.1 Å². The van der Waals surface area contributed by atoms with E-state index in [4.69, 9.17) is 9.47 Å². The Balaban J connectivity index is 3.57. The summed E-state index contributed by atoms with van der Waals surface area (Å²) in [6.07, 6.45) is 9.03. The highest BCUT2D eigenvalue weighted by atomic mass is 16.6. The van der Waals surface area contributed by atoms with Gasteiger partial charge in [0.05, 0.1) is 0 Å². The van der Waals surface area contributed by atoms with Crippen molar-refractivity contribution >= 4 is 11.9 Å². The molecule has 4 nitrogen and oxygen atoms in total. The maximum atomic E-state index is 11.5. The number of carbonyl (C=O) groups excluding carboxylic acids is 2. The van der Waals surface area contributed by atoms with E-state index in [0.717, 1.165) is 51.4 Å². The van der Waals surface area contributed by atoms with Crippen LogP contribution in [0.3, 0.4) is 0 Å². The van der Waals surface area contributed by atoms with Gasteiger partial charge in [0.25, 0.3) is 0 Å². The molecule has 0 N–H and O–H groups in total. The average molecular weight is 300 g/mol. The van der Waals surface area contributed by atoms with Crippen molar-refractivity contribution in [3.63, 3.8) is 0 Å². The van der Waals surface area contributed by atoms with Crippen LogP contribution in [-0.4, -0.2) is 24.6 Å². The third-order valence-corrected chi connectivity index (χ3v) is 3.28. The summed E-state index contributed by atoms with van der Waals surface area (Å²) in [5.74, 6) is -0.394. The van der Waals surface area contributed by atoms with Crippen molar-refractivity contribution in [1.82, 2.24) is 0 Å². The van der Waals surface area contributed by atoms with Gasteiger partial charge in [-0.1, -0.05) is 52.4 Å². The van der Waals surface area contributed by atoms with Gasteiger partial charge in [-0.25, -0.2) is 0 Å². The molecule has 0 saturated carbocycles. The zero-order valence-corrected chi connectivity index (χ0v) is 14.0. The topological polar surface area (TPSA) is 52.6 Å². The molecule has 21 heavy (non-hydrogen) atoms. The van der Waals surface area contributed by atoms with Crippen LogP contribution in [0.1, 0.15) is 85.0 Å². The minimum atomic E-state index is -0.358. The Labute approximate surface area is 129 Å². The molecule has 0 aliphatic rings. The van der Waals surface area contributed by atoms with E-state index in [1.165, 1.54) is 0 Å². The molecule has 0 rings (SSSR count). The average Bonchev–Trinajstić information content (AvgIpc) is 2.46. The summed E-state index contributed by atoms with van der Waals surface area (Å²) in [7, 11) is 0. The van der Waals surface area contributed by atoms with Crippen LogP contribution in [0.5, 0.6) is 0 Å². The zero-order chi connectivity index (χ0) is 15.9. The molecule has 0 amide bonds. The number of ether oxygens (including phenoxy) is 2. The van der Waals surface area contributed by atoms with Crippen molar-refractivity contribution in [3.8, 4) is 0 Å². The molecule has 0 aromatic heterocycles. The normalized spacial score (nSPS) is 12.0. The molecule has 0 aromatic carbocycles. The quantitative estimate of drug-likeness (QED) is 0.373. The van der Waals surface area contributed by atoms with Gasteiger partial charge in [-0.2, -0.15) is 0 Å². The molecule has 1 atom stereocenters. The summed E-state index contributed by atoms with van der Waals surface area (Å²) >= 11 is 0. The fourth-order valence-corrected chi connectivity index (χ4v) is 1.99. The first-order chi connectivity index (χ1) is 10.1. The van der Waals surface area contributed by atoms with Crippen LogP contribution >= 0.6 is 0 Å². The number of hydrogen-bond donors (Lipinski definition) is 0. The third-order valence-electron chi connectivity index (χ3n) is 3.28. The predicted octanol–water partition coefficient (Wildman–Crippen LogP) is 4.40. The fraction of sp³-hybridized carbons (Fsp3) is 0.882. The van der Waals surface area contributed by atoms with E-state index in [9.17, 15) is 9.59 Å². The maximum absolute atomic E-state index is 11.5.